The number of carbonyl (C=O) groups excluding carboxylic acids is 1. The van der Waals surface area contributed by atoms with Crippen molar-refractivity contribution in [2.24, 2.45) is 11.8 Å². The summed E-state index contributed by atoms with van der Waals surface area (Å²) < 4.78 is 15.3. The molecule has 10 heteroatoms. The minimum absolute atomic E-state index is 0.00752. The van der Waals surface area contributed by atoms with Crippen molar-refractivity contribution in [2.45, 2.75) is 37.6 Å². The van der Waals surface area contributed by atoms with Gasteiger partial charge >= 0.3 is 0 Å². The standard InChI is InChI=1S/C32H33N7O3/c1-37(15-19-7-4-3-5-8-19)28-13-26(35-31-21(14-34-39(28)31)32(40)36-25-10-11-27(25)41-2)22-16-38(29-23-17-42-18-24(23)29)30-20(22)9-6-12-33-30/h3-9,12-14,16,23-25,27,29H,10-11,15,17-18H2,1-2H3,(H,36,40)/t23-,24+,25?,27-,29?/m0/s1. The van der Waals surface area contributed by atoms with Gasteiger partial charge in [0, 0.05) is 68.0 Å². The summed E-state index contributed by atoms with van der Waals surface area (Å²) in [6.45, 7) is 2.27. The van der Waals surface area contributed by atoms with E-state index in [1.165, 1.54) is 5.56 Å². The van der Waals surface area contributed by atoms with Gasteiger partial charge < -0.3 is 24.3 Å². The molecular weight excluding hydrogens is 530 g/mol. The van der Waals surface area contributed by atoms with Crippen LogP contribution in [-0.4, -0.2) is 69.6 Å². The molecule has 1 aromatic carbocycles. The van der Waals surface area contributed by atoms with Crippen molar-refractivity contribution in [1.82, 2.24) is 29.5 Å². The molecule has 42 heavy (non-hydrogen) atoms. The Hall–Kier alpha value is -4.28. The molecule has 1 saturated heterocycles. The Morgan fingerprint density at radius 3 is 2.71 bits per heavy atom. The number of benzene rings is 1. The van der Waals surface area contributed by atoms with Crippen LogP contribution in [0.1, 0.15) is 34.8 Å². The maximum atomic E-state index is 13.5. The summed E-state index contributed by atoms with van der Waals surface area (Å²) in [7, 11) is 3.73. The van der Waals surface area contributed by atoms with Gasteiger partial charge in [-0.15, -0.1) is 0 Å². The number of aromatic nitrogens is 5. The van der Waals surface area contributed by atoms with Gasteiger partial charge in [0.05, 0.1) is 37.3 Å². The first-order valence-corrected chi connectivity index (χ1v) is 14.6. The minimum Gasteiger partial charge on any atom is -0.381 e. The number of amides is 1. The molecule has 0 spiro atoms. The Kier molecular flexibility index (Phi) is 6.01. The molecule has 4 aromatic heterocycles. The number of hydrogen-bond acceptors (Lipinski definition) is 7. The van der Waals surface area contributed by atoms with Crippen molar-refractivity contribution in [3.8, 4) is 11.3 Å². The number of hydrogen-bond donors (Lipinski definition) is 1. The Balaban J connectivity index is 1.25. The van der Waals surface area contributed by atoms with Crippen molar-refractivity contribution in [3.05, 3.63) is 78.2 Å². The van der Waals surface area contributed by atoms with Crippen LogP contribution in [0.2, 0.25) is 0 Å². The van der Waals surface area contributed by atoms with Crippen LogP contribution in [0.15, 0.2) is 67.1 Å². The minimum atomic E-state index is -0.187. The Morgan fingerprint density at radius 2 is 1.95 bits per heavy atom. The average molecular weight is 564 g/mol. The monoisotopic (exact) mass is 563 g/mol. The Morgan fingerprint density at radius 1 is 1.12 bits per heavy atom. The van der Waals surface area contributed by atoms with E-state index in [-0.39, 0.29) is 18.1 Å². The van der Waals surface area contributed by atoms with Crippen LogP contribution in [0.25, 0.3) is 27.9 Å². The fourth-order valence-electron chi connectivity index (χ4n) is 6.75. The zero-order valence-electron chi connectivity index (χ0n) is 23.7. The second-order valence-electron chi connectivity index (χ2n) is 11.7. The van der Waals surface area contributed by atoms with Crippen molar-refractivity contribution < 1.29 is 14.3 Å². The SMILES string of the molecule is CO[C@H]1CCC1NC(=O)c1cnn2c(N(C)Cc3ccccc3)cc(-c3cn(C4[C@H]5COC[C@@H]45)c4ncccc34)nc12. The van der Waals surface area contributed by atoms with E-state index in [1.807, 2.05) is 37.5 Å². The lowest BCUT2D eigenvalue weighted by molar-refractivity contribution is 0.00732. The summed E-state index contributed by atoms with van der Waals surface area (Å²) in [5, 5.41) is 8.84. The zero-order valence-corrected chi connectivity index (χ0v) is 23.7. The zero-order chi connectivity index (χ0) is 28.4. The van der Waals surface area contributed by atoms with Crippen LogP contribution in [0.4, 0.5) is 5.82 Å². The summed E-state index contributed by atoms with van der Waals surface area (Å²) in [5.74, 6) is 1.72. The van der Waals surface area contributed by atoms with E-state index in [1.54, 1.807) is 17.8 Å². The van der Waals surface area contributed by atoms with Gasteiger partial charge in [-0.1, -0.05) is 30.3 Å². The summed E-state index contributed by atoms with van der Waals surface area (Å²) in [4.78, 5) is 25.6. The average Bonchev–Trinajstić information content (AvgIpc) is 3.40. The van der Waals surface area contributed by atoms with E-state index in [9.17, 15) is 4.79 Å². The maximum Gasteiger partial charge on any atom is 0.257 e. The molecule has 5 heterocycles. The van der Waals surface area contributed by atoms with Gasteiger partial charge in [-0.3, -0.25) is 4.79 Å². The van der Waals surface area contributed by atoms with Crippen molar-refractivity contribution in [1.29, 1.82) is 0 Å². The molecule has 5 atom stereocenters. The summed E-state index contributed by atoms with van der Waals surface area (Å²) >= 11 is 0. The number of carbonyl (C=O) groups is 1. The third-order valence-electron chi connectivity index (χ3n) is 9.28. The van der Waals surface area contributed by atoms with Gasteiger partial charge in [-0.05, 0) is 30.5 Å². The number of pyridine rings is 1. The molecule has 214 valence electrons. The highest BCUT2D eigenvalue weighted by atomic mass is 16.5. The largest absolute Gasteiger partial charge is 0.381 e. The lowest BCUT2D eigenvalue weighted by atomic mass is 9.89. The van der Waals surface area contributed by atoms with Gasteiger partial charge in [0.25, 0.3) is 5.91 Å². The summed E-state index contributed by atoms with van der Waals surface area (Å²) in [6.07, 6.45) is 7.54. The number of fused-ring (bicyclic) bond motifs is 3. The lowest BCUT2D eigenvalue weighted by Gasteiger charge is -2.35. The number of methoxy groups -OCH3 is 1. The van der Waals surface area contributed by atoms with Crippen LogP contribution < -0.4 is 10.2 Å². The number of ether oxygens (including phenoxy) is 2. The van der Waals surface area contributed by atoms with Gasteiger partial charge in [0.15, 0.2) is 5.65 Å². The van der Waals surface area contributed by atoms with Gasteiger partial charge in [0.1, 0.15) is 17.0 Å². The number of nitrogens with one attached hydrogen (secondary N) is 1. The third-order valence-corrected chi connectivity index (χ3v) is 9.28. The highest BCUT2D eigenvalue weighted by Gasteiger charge is 2.55. The van der Waals surface area contributed by atoms with Crippen molar-refractivity contribution in [2.75, 3.05) is 32.3 Å². The van der Waals surface area contributed by atoms with E-state index in [0.717, 1.165) is 54.2 Å². The first-order valence-electron chi connectivity index (χ1n) is 14.6. The molecule has 2 aliphatic carbocycles. The number of rotatable bonds is 8. The van der Waals surface area contributed by atoms with E-state index < -0.39 is 0 Å². The molecule has 5 aromatic rings. The number of anilines is 1. The smallest absolute Gasteiger partial charge is 0.257 e. The second kappa shape index (κ2) is 9.92. The fraction of sp³-hybridized carbons (Fsp3) is 0.375. The van der Waals surface area contributed by atoms with Gasteiger partial charge in [-0.2, -0.15) is 9.61 Å². The van der Waals surface area contributed by atoms with E-state index in [2.05, 4.69) is 50.3 Å². The van der Waals surface area contributed by atoms with Crippen LogP contribution in [0.3, 0.4) is 0 Å². The van der Waals surface area contributed by atoms with Crippen LogP contribution in [0.5, 0.6) is 0 Å². The van der Waals surface area contributed by atoms with Crippen LogP contribution in [0, 0.1) is 11.8 Å². The molecule has 8 rings (SSSR count). The highest BCUT2D eigenvalue weighted by molar-refractivity contribution is 6.01. The first kappa shape index (κ1) is 25.4. The van der Waals surface area contributed by atoms with Crippen LogP contribution in [-0.2, 0) is 16.0 Å². The third kappa shape index (κ3) is 4.08. The molecule has 0 radical (unpaired) electrons. The van der Waals surface area contributed by atoms with E-state index in [4.69, 9.17) is 19.4 Å². The first-order chi connectivity index (χ1) is 20.6. The topological polar surface area (TPSA) is 98.8 Å². The van der Waals surface area contributed by atoms with E-state index >= 15 is 0 Å². The Bertz CT molecular complexity index is 1790. The molecular formula is C32H33N7O3. The second-order valence-corrected chi connectivity index (χ2v) is 11.7. The number of nitrogens with zero attached hydrogens (tertiary/aromatic N) is 6. The summed E-state index contributed by atoms with van der Waals surface area (Å²) in [5.41, 5.74) is 4.87. The normalized spacial score (nSPS) is 24.5. The van der Waals surface area contributed by atoms with Crippen LogP contribution >= 0.6 is 0 Å². The predicted molar refractivity (Wildman–Crippen MR) is 158 cm³/mol. The fourth-order valence-corrected chi connectivity index (χ4v) is 6.75. The quantitative estimate of drug-likeness (QED) is 0.303. The molecule has 10 nitrogen and oxygen atoms in total. The van der Waals surface area contributed by atoms with Gasteiger partial charge in [0.2, 0.25) is 0 Å². The molecule has 3 fully saturated rings. The molecule has 3 aliphatic rings. The van der Waals surface area contributed by atoms with Crippen molar-refractivity contribution >= 4 is 28.4 Å². The van der Waals surface area contributed by atoms with Gasteiger partial charge in [-0.25, -0.2) is 9.97 Å². The highest BCUT2D eigenvalue weighted by Crippen LogP contribution is 2.55. The van der Waals surface area contributed by atoms with E-state index in [0.29, 0.717) is 35.6 Å². The molecule has 1 aliphatic heterocycles. The lowest BCUT2D eigenvalue weighted by Crippen LogP contribution is -2.51. The molecule has 2 saturated carbocycles. The predicted octanol–water partition coefficient (Wildman–Crippen LogP) is 4.11. The molecule has 1 amide bonds. The molecule has 1 N–H and O–H groups in total. The Labute approximate surface area is 243 Å². The summed E-state index contributed by atoms with van der Waals surface area (Å²) in [6, 6.07) is 16.8. The van der Waals surface area contributed by atoms with Crippen molar-refractivity contribution in [3.63, 3.8) is 0 Å². The molecule has 0 bridgehead atoms. The maximum absolute atomic E-state index is 13.5. The molecule has 2 unspecified atom stereocenters.